The number of aliphatic hydroxyl groups excluding tert-OH is 1. The second kappa shape index (κ2) is 8.71. The van der Waals surface area contributed by atoms with Crippen LogP contribution < -0.4 is 11.1 Å². The van der Waals surface area contributed by atoms with Crippen molar-refractivity contribution < 1.29 is 27.8 Å². The summed E-state index contributed by atoms with van der Waals surface area (Å²) < 4.78 is 49.1. The minimum atomic E-state index is -1.00. The number of benzene rings is 1. The van der Waals surface area contributed by atoms with Crippen LogP contribution in [0.1, 0.15) is 41.9 Å². The summed E-state index contributed by atoms with van der Waals surface area (Å²) in [7, 11) is 0. The molecule has 35 heavy (non-hydrogen) atoms. The van der Waals surface area contributed by atoms with Gasteiger partial charge in [0.25, 0.3) is 5.91 Å². The average molecular weight is 484 g/mol. The Kier molecular flexibility index (Phi) is 5.82. The molecule has 0 radical (unpaired) electrons. The molecule has 2 aliphatic rings. The summed E-state index contributed by atoms with van der Waals surface area (Å²) in [5.74, 6) is -3.56. The first-order valence-electron chi connectivity index (χ1n) is 11.2. The highest BCUT2D eigenvalue weighted by atomic mass is 19.1. The van der Waals surface area contributed by atoms with Gasteiger partial charge in [-0.3, -0.25) is 9.78 Å². The number of hydrogen-bond donors (Lipinski definition) is 3. The lowest BCUT2D eigenvalue weighted by atomic mass is 9.90. The number of ether oxygens (including phenoxy) is 1. The number of nitrogens with one attached hydrogen (secondary N) is 1. The lowest BCUT2D eigenvalue weighted by molar-refractivity contribution is -0.152. The van der Waals surface area contributed by atoms with E-state index in [-0.39, 0.29) is 11.6 Å². The fraction of sp³-hybridized carbons (Fsp3) is 0.320. The molecule has 182 valence electrons. The van der Waals surface area contributed by atoms with Gasteiger partial charge < -0.3 is 20.9 Å². The molecule has 0 bridgehead atoms. The Morgan fingerprint density at radius 3 is 2.57 bits per heavy atom. The minimum Gasteiger partial charge on any atom is -0.388 e. The van der Waals surface area contributed by atoms with Crippen LogP contribution in [0.3, 0.4) is 0 Å². The SMILES string of the molecule is CC1CC12O[C@H](c1ccncc1NC(=O)c1ccc(F)c(-c3c(F)cccc3F)n1)C[C@H](N)[C@H]2O. The first-order chi connectivity index (χ1) is 16.7. The van der Waals surface area contributed by atoms with E-state index >= 15 is 0 Å². The van der Waals surface area contributed by atoms with E-state index in [4.69, 9.17) is 10.5 Å². The number of halogens is 3. The van der Waals surface area contributed by atoms with Crippen LogP contribution in [0.4, 0.5) is 18.9 Å². The Morgan fingerprint density at radius 1 is 1.17 bits per heavy atom. The third-order valence-electron chi connectivity index (χ3n) is 6.78. The van der Waals surface area contributed by atoms with Crippen LogP contribution in [0.25, 0.3) is 11.3 Å². The summed E-state index contributed by atoms with van der Waals surface area (Å²) in [6, 6.07) is 6.33. The molecule has 1 saturated heterocycles. The number of nitrogens with two attached hydrogens (primary N) is 1. The number of nitrogens with zero attached hydrogens (tertiary/aromatic N) is 2. The third kappa shape index (κ3) is 4.07. The van der Waals surface area contributed by atoms with Crippen molar-refractivity contribution in [2.45, 2.75) is 43.6 Å². The molecule has 4 N–H and O–H groups in total. The molecule has 2 unspecified atom stereocenters. The highest BCUT2D eigenvalue weighted by Gasteiger charge is 2.62. The Bertz CT molecular complexity index is 1290. The molecule has 7 nitrogen and oxygen atoms in total. The maximum Gasteiger partial charge on any atom is 0.274 e. The standard InChI is InChI=1S/C25H23F3N4O3/c1-12-10-25(12)23(33)17(29)9-20(35-25)13-7-8-30-11-19(13)32-24(34)18-6-5-16(28)22(31-18)21-14(26)3-2-4-15(21)27/h2-8,11-12,17,20,23,33H,9-10,29H2,1H3,(H,32,34)/t12?,17-,20-,23+,25?/m0/s1. The highest BCUT2D eigenvalue weighted by Crippen LogP contribution is 2.56. The van der Waals surface area contributed by atoms with E-state index in [0.717, 1.165) is 30.3 Å². The molecular formula is C25H23F3N4O3. The Labute approximate surface area is 199 Å². The Morgan fingerprint density at radius 2 is 1.89 bits per heavy atom. The highest BCUT2D eigenvalue weighted by molar-refractivity contribution is 6.03. The predicted molar refractivity (Wildman–Crippen MR) is 121 cm³/mol. The van der Waals surface area contributed by atoms with Crippen LogP contribution in [0.5, 0.6) is 0 Å². The van der Waals surface area contributed by atoms with Gasteiger partial charge in [-0.25, -0.2) is 18.2 Å². The maximum atomic E-state index is 14.4. The predicted octanol–water partition coefficient (Wildman–Crippen LogP) is 3.74. The van der Waals surface area contributed by atoms with Gasteiger partial charge >= 0.3 is 0 Å². The second-order valence-corrected chi connectivity index (χ2v) is 9.05. The molecular weight excluding hydrogens is 461 g/mol. The maximum absolute atomic E-state index is 14.4. The van der Waals surface area contributed by atoms with E-state index in [0.29, 0.717) is 24.1 Å². The molecule has 5 atom stereocenters. The molecule has 2 fully saturated rings. The topological polar surface area (TPSA) is 110 Å². The van der Waals surface area contributed by atoms with Crippen LogP contribution in [0.2, 0.25) is 0 Å². The molecule has 1 aromatic carbocycles. The van der Waals surface area contributed by atoms with Crippen LogP contribution in [-0.4, -0.2) is 38.7 Å². The fourth-order valence-electron chi connectivity index (χ4n) is 4.75. The molecule has 3 aromatic rings. The molecule has 10 heteroatoms. The summed E-state index contributed by atoms with van der Waals surface area (Å²) >= 11 is 0. The molecule has 1 saturated carbocycles. The number of pyridine rings is 2. The number of amides is 1. The van der Waals surface area contributed by atoms with Gasteiger partial charge in [-0.05, 0) is 49.1 Å². The molecule has 1 aliphatic heterocycles. The lowest BCUT2D eigenvalue weighted by Gasteiger charge is -2.39. The molecule has 5 rings (SSSR count). The van der Waals surface area contributed by atoms with Crippen LogP contribution in [0, 0.1) is 23.4 Å². The summed E-state index contributed by atoms with van der Waals surface area (Å²) in [5.41, 5.74) is 4.89. The first-order valence-corrected chi connectivity index (χ1v) is 11.2. The van der Waals surface area contributed by atoms with Gasteiger partial charge in [0.2, 0.25) is 0 Å². The van der Waals surface area contributed by atoms with Gasteiger partial charge in [0, 0.05) is 17.8 Å². The van der Waals surface area contributed by atoms with Crippen molar-refractivity contribution in [1.29, 1.82) is 0 Å². The number of aromatic nitrogens is 2. The fourth-order valence-corrected chi connectivity index (χ4v) is 4.75. The Hall–Kier alpha value is -3.34. The molecule has 3 heterocycles. The van der Waals surface area contributed by atoms with Gasteiger partial charge in [-0.2, -0.15) is 0 Å². The van der Waals surface area contributed by atoms with Crippen molar-refractivity contribution in [3.05, 3.63) is 77.5 Å². The first kappa shape index (κ1) is 23.4. The van der Waals surface area contributed by atoms with Crippen LogP contribution >= 0.6 is 0 Å². The van der Waals surface area contributed by atoms with E-state index in [2.05, 4.69) is 15.3 Å². The lowest BCUT2D eigenvalue weighted by Crippen LogP contribution is -2.52. The molecule has 1 amide bonds. The van der Waals surface area contributed by atoms with E-state index < -0.39 is 58.5 Å². The van der Waals surface area contributed by atoms with Crippen molar-refractivity contribution in [1.82, 2.24) is 9.97 Å². The Balaban J connectivity index is 1.43. The van der Waals surface area contributed by atoms with Crippen molar-refractivity contribution in [2.24, 2.45) is 11.7 Å². The number of hydrogen-bond acceptors (Lipinski definition) is 6. The van der Waals surface area contributed by atoms with Crippen molar-refractivity contribution in [3.63, 3.8) is 0 Å². The van der Waals surface area contributed by atoms with Gasteiger partial charge in [0.1, 0.15) is 28.8 Å². The normalized spacial score (nSPS) is 27.6. The van der Waals surface area contributed by atoms with Crippen LogP contribution in [-0.2, 0) is 4.74 Å². The second-order valence-electron chi connectivity index (χ2n) is 9.05. The largest absolute Gasteiger partial charge is 0.388 e. The monoisotopic (exact) mass is 484 g/mol. The van der Waals surface area contributed by atoms with E-state index in [1.165, 1.54) is 6.20 Å². The van der Waals surface area contributed by atoms with Crippen molar-refractivity contribution in [3.8, 4) is 11.3 Å². The van der Waals surface area contributed by atoms with Crippen LogP contribution in [0.15, 0.2) is 48.8 Å². The van der Waals surface area contributed by atoms with Gasteiger partial charge in [-0.1, -0.05) is 13.0 Å². The zero-order valence-electron chi connectivity index (χ0n) is 18.7. The molecule has 1 spiro atoms. The van der Waals surface area contributed by atoms with E-state index in [9.17, 15) is 23.1 Å². The summed E-state index contributed by atoms with van der Waals surface area (Å²) in [6.07, 6.45) is 2.70. The number of aliphatic hydroxyl groups is 1. The third-order valence-corrected chi connectivity index (χ3v) is 6.78. The van der Waals surface area contributed by atoms with E-state index in [1.54, 1.807) is 12.3 Å². The summed E-state index contributed by atoms with van der Waals surface area (Å²) in [4.78, 5) is 21.0. The van der Waals surface area contributed by atoms with Gasteiger partial charge in [0.05, 0.1) is 35.3 Å². The van der Waals surface area contributed by atoms with E-state index in [1.807, 2.05) is 6.92 Å². The van der Waals surface area contributed by atoms with Gasteiger partial charge in [-0.15, -0.1) is 0 Å². The summed E-state index contributed by atoms with van der Waals surface area (Å²) in [6.45, 7) is 1.98. The summed E-state index contributed by atoms with van der Waals surface area (Å²) in [5, 5.41) is 13.2. The smallest absolute Gasteiger partial charge is 0.274 e. The quantitative estimate of drug-likeness (QED) is 0.521. The number of anilines is 1. The van der Waals surface area contributed by atoms with Crippen molar-refractivity contribution >= 4 is 11.6 Å². The zero-order valence-corrected chi connectivity index (χ0v) is 18.7. The average Bonchev–Trinajstić information content (AvgIpc) is 3.47. The molecule has 2 aromatic heterocycles. The van der Waals surface area contributed by atoms with Gasteiger partial charge in [0.15, 0.2) is 0 Å². The zero-order chi connectivity index (χ0) is 24.9. The minimum absolute atomic E-state index is 0.145. The number of carbonyl (C=O) groups is 1. The van der Waals surface area contributed by atoms with Crippen molar-refractivity contribution in [2.75, 3.05) is 5.32 Å². The number of carbonyl (C=O) groups excluding carboxylic acids is 1. The molecule has 1 aliphatic carbocycles. The number of rotatable bonds is 4.